The molecule has 22 heavy (non-hydrogen) atoms. The van der Waals surface area contributed by atoms with Crippen LogP contribution in [0, 0.1) is 0 Å². The van der Waals surface area contributed by atoms with Crippen molar-refractivity contribution in [1.82, 2.24) is 4.90 Å². The van der Waals surface area contributed by atoms with E-state index in [2.05, 4.69) is 0 Å². The Labute approximate surface area is 124 Å². The van der Waals surface area contributed by atoms with Crippen LogP contribution in [0.15, 0.2) is 18.2 Å². The first-order valence-electron chi connectivity index (χ1n) is 6.74. The summed E-state index contributed by atoms with van der Waals surface area (Å²) in [6, 6.07) is 2.89. The zero-order valence-corrected chi connectivity index (χ0v) is 11.7. The molecule has 0 aliphatic carbocycles. The molecule has 1 aromatic carbocycles. The Morgan fingerprint density at radius 2 is 1.68 bits per heavy atom. The van der Waals surface area contributed by atoms with E-state index < -0.39 is 18.4 Å². The molecule has 124 valence electrons. The van der Waals surface area contributed by atoms with Crippen LogP contribution in [0.1, 0.15) is 5.56 Å². The van der Waals surface area contributed by atoms with E-state index in [0.29, 0.717) is 38.8 Å². The molecule has 1 heterocycles. The van der Waals surface area contributed by atoms with Crippen LogP contribution in [0.3, 0.4) is 0 Å². The number of anilines is 2. The van der Waals surface area contributed by atoms with Gasteiger partial charge in [0.1, 0.15) is 6.67 Å². The predicted octanol–water partition coefficient (Wildman–Crippen LogP) is 2.38. The van der Waals surface area contributed by atoms with Gasteiger partial charge in [0, 0.05) is 38.4 Å². The van der Waals surface area contributed by atoms with Crippen LogP contribution in [-0.4, -0.2) is 54.7 Å². The molecule has 0 unspecified atom stereocenters. The third-order valence-corrected chi connectivity index (χ3v) is 3.60. The van der Waals surface area contributed by atoms with Gasteiger partial charge in [-0.25, -0.2) is 4.39 Å². The van der Waals surface area contributed by atoms with Crippen molar-refractivity contribution in [2.75, 3.05) is 49.5 Å². The van der Waals surface area contributed by atoms with E-state index in [0.717, 1.165) is 6.07 Å². The lowest BCUT2D eigenvalue weighted by atomic mass is 10.1. The van der Waals surface area contributed by atoms with E-state index in [9.17, 15) is 17.6 Å². The zero-order valence-electron chi connectivity index (χ0n) is 11.7. The molecule has 1 fully saturated rings. The van der Waals surface area contributed by atoms with E-state index in [1.54, 1.807) is 4.90 Å². The molecule has 1 aromatic rings. The van der Waals surface area contributed by atoms with Gasteiger partial charge in [0.2, 0.25) is 0 Å². The third kappa shape index (κ3) is 3.99. The Morgan fingerprint density at radius 3 is 2.18 bits per heavy atom. The molecule has 2 N–H and O–H groups in total. The number of halogens is 4. The molecule has 0 radical (unpaired) electrons. The minimum Gasteiger partial charge on any atom is -0.369 e. The van der Waals surface area contributed by atoms with Gasteiger partial charge >= 0.3 is 6.18 Å². The van der Waals surface area contributed by atoms with Crippen LogP contribution >= 0.6 is 0 Å². The fourth-order valence-electron chi connectivity index (χ4n) is 2.41. The monoisotopic (exact) mass is 323 g/mol. The largest absolute Gasteiger partial charge is 0.416 e. The van der Waals surface area contributed by atoms with E-state index in [-0.39, 0.29) is 16.6 Å². The number of alkyl halides is 4. The highest BCUT2D eigenvalue weighted by Gasteiger charge is 2.32. The summed E-state index contributed by atoms with van der Waals surface area (Å²) in [6.07, 6.45) is -4.59. The van der Waals surface area contributed by atoms with Gasteiger partial charge in [-0.1, -0.05) is 0 Å². The predicted molar refractivity (Wildman–Crippen MR) is 72.1 cm³/mol. The van der Waals surface area contributed by atoms with Crippen molar-refractivity contribution >= 4 is 11.4 Å². The average Bonchev–Trinajstić information content (AvgIpc) is 2.47. The smallest absolute Gasteiger partial charge is 0.369 e. The highest BCUT2D eigenvalue weighted by Crippen LogP contribution is 2.35. The van der Waals surface area contributed by atoms with E-state index >= 15 is 0 Å². The molecule has 0 amide bonds. The van der Waals surface area contributed by atoms with Crippen molar-refractivity contribution in [3.05, 3.63) is 23.8 Å². The summed E-state index contributed by atoms with van der Waals surface area (Å²) in [7, 11) is 0. The van der Waals surface area contributed by atoms with Gasteiger partial charge in [-0.2, -0.15) is 13.2 Å². The first kappa shape index (κ1) is 16.8. The molecule has 1 aliphatic heterocycles. The van der Waals surface area contributed by atoms with E-state index in [1.807, 2.05) is 4.90 Å². The topological polar surface area (TPSA) is 50.2 Å². The van der Waals surface area contributed by atoms with Gasteiger partial charge in [0.15, 0.2) is 0 Å². The minimum absolute atomic E-state index is 0.248. The summed E-state index contributed by atoms with van der Waals surface area (Å²) in [4.78, 5) is 3.59. The Bertz CT molecular complexity index is 503. The zero-order chi connectivity index (χ0) is 16.3. The Morgan fingerprint density at radius 1 is 1.05 bits per heavy atom. The van der Waals surface area contributed by atoms with Crippen molar-refractivity contribution < 1.29 is 28.0 Å². The first-order valence-corrected chi connectivity index (χ1v) is 6.74. The SMILES string of the molecule is ON(O)c1cc(N2CCN(CCF)CC2)cc(C(F)(F)F)c1. The quantitative estimate of drug-likeness (QED) is 0.658. The van der Waals surface area contributed by atoms with Gasteiger partial charge in [0.25, 0.3) is 0 Å². The van der Waals surface area contributed by atoms with Crippen LogP contribution in [0.4, 0.5) is 28.9 Å². The van der Waals surface area contributed by atoms with Crippen LogP contribution in [0.2, 0.25) is 0 Å². The molecule has 5 nitrogen and oxygen atoms in total. The van der Waals surface area contributed by atoms with Crippen molar-refractivity contribution in [1.29, 1.82) is 0 Å². The van der Waals surface area contributed by atoms with E-state index in [1.165, 1.54) is 6.07 Å². The molecule has 0 spiro atoms. The lowest BCUT2D eigenvalue weighted by Gasteiger charge is -2.36. The number of benzene rings is 1. The number of hydrogen-bond acceptors (Lipinski definition) is 5. The number of piperazine rings is 1. The van der Waals surface area contributed by atoms with Gasteiger partial charge in [-0.05, 0) is 18.2 Å². The molecule has 0 aromatic heterocycles. The van der Waals surface area contributed by atoms with E-state index in [4.69, 9.17) is 10.4 Å². The second-order valence-electron chi connectivity index (χ2n) is 5.04. The Hall–Kier alpha value is -1.58. The molecule has 9 heteroatoms. The van der Waals surface area contributed by atoms with Crippen LogP contribution in [0.5, 0.6) is 0 Å². The second-order valence-corrected chi connectivity index (χ2v) is 5.04. The van der Waals surface area contributed by atoms with Crippen molar-refractivity contribution in [2.45, 2.75) is 6.18 Å². The van der Waals surface area contributed by atoms with Crippen LogP contribution < -0.4 is 10.1 Å². The van der Waals surface area contributed by atoms with Crippen LogP contribution in [0.25, 0.3) is 0 Å². The molecular formula is C13H17F4N3O2. The lowest BCUT2D eigenvalue weighted by molar-refractivity contribution is -0.137. The molecule has 0 bridgehead atoms. The summed E-state index contributed by atoms with van der Waals surface area (Å²) in [6.45, 7) is 1.81. The fraction of sp³-hybridized carbons (Fsp3) is 0.538. The normalized spacial score (nSPS) is 16.9. The maximum absolute atomic E-state index is 12.9. The molecule has 1 saturated heterocycles. The van der Waals surface area contributed by atoms with Gasteiger partial charge < -0.3 is 4.90 Å². The molecule has 0 saturated carbocycles. The molecule has 0 atom stereocenters. The van der Waals surface area contributed by atoms with Gasteiger partial charge in [0.05, 0.1) is 11.3 Å². The third-order valence-electron chi connectivity index (χ3n) is 3.60. The summed E-state index contributed by atoms with van der Waals surface area (Å²) < 4.78 is 51.0. The maximum Gasteiger partial charge on any atom is 0.416 e. The van der Waals surface area contributed by atoms with Crippen LogP contribution in [-0.2, 0) is 6.18 Å². The average molecular weight is 323 g/mol. The lowest BCUT2D eigenvalue weighted by Crippen LogP contribution is -2.47. The molecular weight excluding hydrogens is 306 g/mol. The molecule has 2 rings (SSSR count). The Balaban J connectivity index is 2.22. The number of nitrogens with zero attached hydrogens (tertiary/aromatic N) is 3. The second kappa shape index (κ2) is 6.67. The summed E-state index contributed by atoms with van der Waals surface area (Å²) in [5.74, 6) is 0. The Kier molecular flexibility index (Phi) is 5.09. The standard InChI is InChI=1S/C13H17F4N3O2/c14-1-2-18-3-5-19(6-4-18)11-7-10(13(15,16)17)8-12(9-11)20(21)22/h7-9,21-22H,1-6H2. The fourth-order valence-corrected chi connectivity index (χ4v) is 2.41. The summed E-state index contributed by atoms with van der Waals surface area (Å²) in [5.41, 5.74) is -1.08. The van der Waals surface area contributed by atoms with Crippen molar-refractivity contribution in [2.24, 2.45) is 0 Å². The highest BCUT2D eigenvalue weighted by molar-refractivity contribution is 5.60. The maximum atomic E-state index is 12.9. The van der Waals surface area contributed by atoms with Crippen molar-refractivity contribution in [3.63, 3.8) is 0 Å². The van der Waals surface area contributed by atoms with Gasteiger partial charge in [-0.15, -0.1) is 5.23 Å². The molecule has 1 aliphatic rings. The van der Waals surface area contributed by atoms with Gasteiger partial charge in [-0.3, -0.25) is 15.3 Å². The minimum atomic E-state index is -4.59. The first-order chi connectivity index (χ1) is 10.3. The summed E-state index contributed by atoms with van der Waals surface area (Å²) in [5, 5.41) is 17.7. The van der Waals surface area contributed by atoms with Crippen molar-refractivity contribution in [3.8, 4) is 0 Å². The number of rotatable bonds is 4. The number of hydrogen-bond donors (Lipinski definition) is 2. The highest BCUT2D eigenvalue weighted by atomic mass is 19.4. The summed E-state index contributed by atoms with van der Waals surface area (Å²) >= 11 is 0.